The first kappa shape index (κ1) is 21.7. The van der Waals surface area contributed by atoms with Crippen LogP contribution in [0.15, 0.2) is 72.8 Å². The Bertz CT molecular complexity index is 1030. The summed E-state index contributed by atoms with van der Waals surface area (Å²) in [6, 6.07) is 25.3. The van der Waals surface area contributed by atoms with E-state index in [9.17, 15) is 5.11 Å². The fourth-order valence-electron chi connectivity index (χ4n) is 4.46. The van der Waals surface area contributed by atoms with Crippen LogP contribution in [0.3, 0.4) is 0 Å². The van der Waals surface area contributed by atoms with Gasteiger partial charge in [-0.05, 0) is 83.4 Å². The molecule has 2 atom stereocenters. The van der Waals surface area contributed by atoms with Crippen LogP contribution in [0.5, 0.6) is 11.5 Å². The van der Waals surface area contributed by atoms with Crippen LogP contribution in [-0.4, -0.2) is 13.4 Å². The van der Waals surface area contributed by atoms with Crippen LogP contribution in [0.1, 0.15) is 61.3 Å². The summed E-state index contributed by atoms with van der Waals surface area (Å²) in [6.07, 6.45) is 2.16. The van der Waals surface area contributed by atoms with Gasteiger partial charge in [-0.3, -0.25) is 0 Å². The molecule has 3 aromatic rings. The highest BCUT2D eigenvalue weighted by Crippen LogP contribution is 2.47. The molecule has 0 heterocycles. The first-order valence-corrected chi connectivity index (χ1v) is 14.2. The van der Waals surface area contributed by atoms with Crippen molar-refractivity contribution in [2.24, 2.45) is 0 Å². The normalized spacial score (nSPS) is 19.0. The van der Waals surface area contributed by atoms with Crippen LogP contribution in [-0.2, 0) is 6.42 Å². The SMILES string of the molecule is CC(C)(C)[Si](C)(C)Oc1ccc2c(c1)CC[C@H](c1ccccc1)[C@@H]2c1ccc(O)cc1. The zero-order chi connectivity index (χ0) is 22.2. The Morgan fingerprint density at radius 2 is 1.55 bits per heavy atom. The predicted molar refractivity (Wildman–Crippen MR) is 132 cm³/mol. The van der Waals surface area contributed by atoms with Gasteiger partial charge in [-0.1, -0.05) is 69.3 Å². The highest BCUT2D eigenvalue weighted by atomic mass is 28.4. The van der Waals surface area contributed by atoms with Crippen molar-refractivity contribution >= 4 is 8.32 Å². The lowest BCUT2D eigenvalue weighted by Gasteiger charge is -2.38. The molecule has 0 aliphatic heterocycles. The number of phenolic OH excluding ortho intramolecular Hbond substituents is 1. The number of hydrogen-bond acceptors (Lipinski definition) is 2. The molecule has 0 unspecified atom stereocenters. The second-order valence-corrected chi connectivity index (χ2v) is 15.1. The van der Waals surface area contributed by atoms with Crippen LogP contribution >= 0.6 is 0 Å². The van der Waals surface area contributed by atoms with Crippen molar-refractivity contribution in [1.29, 1.82) is 0 Å². The van der Waals surface area contributed by atoms with Crippen LogP contribution in [0.4, 0.5) is 0 Å². The minimum atomic E-state index is -1.87. The van der Waals surface area contributed by atoms with Crippen LogP contribution in [0.2, 0.25) is 18.1 Å². The highest BCUT2D eigenvalue weighted by Gasteiger charge is 2.39. The van der Waals surface area contributed by atoms with Crippen molar-refractivity contribution in [1.82, 2.24) is 0 Å². The zero-order valence-corrected chi connectivity index (χ0v) is 20.4. The molecule has 2 nitrogen and oxygen atoms in total. The zero-order valence-electron chi connectivity index (χ0n) is 19.4. The maximum Gasteiger partial charge on any atom is 0.250 e. The standard InChI is InChI=1S/C28H34O2Si/c1-28(2,3)31(4,5)30-24-16-18-26-22(19-24)13-17-25(20-9-7-6-8-10-20)27(26)21-11-14-23(29)15-12-21/h6-12,14-16,18-19,25,27,29H,13,17H2,1-5H3/t25-,27+/m1/s1. The number of phenols is 1. The predicted octanol–water partition coefficient (Wildman–Crippen LogP) is 7.64. The molecule has 0 fully saturated rings. The monoisotopic (exact) mass is 430 g/mol. The van der Waals surface area contributed by atoms with E-state index >= 15 is 0 Å². The van der Waals surface area contributed by atoms with E-state index in [1.54, 1.807) is 12.1 Å². The van der Waals surface area contributed by atoms with Gasteiger partial charge >= 0.3 is 0 Å². The molecule has 0 saturated heterocycles. The fourth-order valence-corrected chi connectivity index (χ4v) is 5.48. The Hall–Kier alpha value is -2.52. The first-order valence-electron chi connectivity index (χ1n) is 11.3. The van der Waals surface area contributed by atoms with Gasteiger partial charge in [0.05, 0.1) is 0 Å². The molecule has 0 radical (unpaired) electrons. The molecular weight excluding hydrogens is 396 g/mol. The van der Waals surface area contributed by atoms with Gasteiger partial charge in [0.2, 0.25) is 8.32 Å². The van der Waals surface area contributed by atoms with Gasteiger partial charge in [0.1, 0.15) is 11.5 Å². The first-order chi connectivity index (χ1) is 14.7. The molecule has 4 rings (SSSR count). The Kier molecular flexibility index (Phi) is 5.74. The van der Waals surface area contributed by atoms with E-state index in [4.69, 9.17) is 4.43 Å². The van der Waals surface area contributed by atoms with Crippen LogP contribution < -0.4 is 4.43 Å². The topological polar surface area (TPSA) is 29.5 Å². The summed E-state index contributed by atoms with van der Waals surface area (Å²) in [6.45, 7) is 11.4. The third-order valence-electron chi connectivity index (χ3n) is 7.24. The third-order valence-corrected chi connectivity index (χ3v) is 11.6. The van der Waals surface area contributed by atoms with E-state index in [1.807, 2.05) is 0 Å². The van der Waals surface area contributed by atoms with Crippen molar-refractivity contribution in [2.75, 3.05) is 0 Å². The quantitative estimate of drug-likeness (QED) is 0.431. The molecule has 0 bridgehead atoms. The van der Waals surface area contributed by atoms with Gasteiger partial charge in [-0.15, -0.1) is 0 Å². The Morgan fingerprint density at radius 1 is 0.871 bits per heavy atom. The van der Waals surface area contributed by atoms with E-state index in [0.717, 1.165) is 18.6 Å². The summed E-state index contributed by atoms with van der Waals surface area (Å²) in [7, 11) is -1.87. The van der Waals surface area contributed by atoms with Gasteiger partial charge in [0.15, 0.2) is 0 Å². The molecule has 1 aliphatic rings. The molecular formula is C28H34O2Si. The molecule has 31 heavy (non-hydrogen) atoms. The second kappa shape index (κ2) is 8.20. The Morgan fingerprint density at radius 3 is 2.19 bits per heavy atom. The highest BCUT2D eigenvalue weighted by molar-refractivity contribution is 6.74. The number of hydrogen-bond donors (Lipinski definition) is 1. The summed E-state index contributed by atoms with van der Waals surface area (Å²) >= 11 is 0. The van der Waals surface area contributed by atoms with E-state index < -0.39 is 8.32 Å². The smallest absolute Gasteiger partial charge is 0.250 e. The van der Waals surface area contributed by atoms with Crippen LogP contribution in [0.25, 0.3) is 0 Å². The van der Waals surface area contributed by atoms with Crippen molar-refractivity contribution < 1.29 is 9.53 Å². The average Bonchev–Trinajstić information content (AvgIpc) is 2.73. The number of benzene rings is 3. The maximum absolute atomic E-state index is 9.83. The van der Waals surface area contributed by atoms with Crippen molar-refractivity contribution in [3.8, 4) is 11.5 Å². The van der Waals surface area contributed by atoms with E-state index in [-0.39, 0.29) is 11.0 Å². The summed E-state index contributed by atoms with van der Waals surface area (Å²) in [5.74, 6) is 2.01. The lowest BCUT2D eigenvalue weighted by Crippen LogP contribution is -2.43. The van der Waals surface area contributed by atoms with Gasteiger partial charge in [-0.2, -0.15) is 0 Å². The molecule has 0 saturated carbocycles. The molecule has 3 heteroatoms. The summed E-state index contributed by atoms with van der Waals surface area (Å²) < 4.78 is 6.61. The lowest BCUT2D eigenvalue weighted by atomic mass is 9.69. The number of fused-ring (bicyclic) bond motifs is 1. The average molecular weight is 431 g/mol. The molecule has 1 aliphatic carbocycles. The fraction of sp³-hybridized carbons (Fsp3) is 0.357. The van der Waals surface area contributed by atoms with Gasteiger partial charge in [-0.25, -0.2) is 0 Å². The van der Waals surface area contributed by atoms with E-state index in [2.05, 4.69) is 94.5 Å². The van der Waals surface area contributed by atoms with Crippen molar-refractivity contribution in [3.63, 3.8) is 0 Å². The largest absolute Gasteiger partial charge is 0.543 e. The minimum Gasteiger partial charge on any atom is -0.543 e. The van der Waals surface area contributed by atoms with Gasteiger partial charge in [0.25, 0.3) is 0 Å². The van der Waals surface area contributed by atoms with Crippen molar-refractivity contribution in [2.45, 2.75) is 63.6 Å². The van der Waals surface area contributed by atoms with Gasteiger partial charge in [0, 0.05) is 5.92 Å². The Labute approximate surface area is 188 Å². The molecule has 3 aromatic carbocycles. The van der Waals surface area contributed by atoms with Gasteiger partial charge < -0.3 is 9.53 Å². The molecule has 0 amide bonds. The minimum absolute atomic E-state index is 0.176. The molecule has 1 N–H and O–H groups in total. The Balaban J connectivity index is 1.74. The number of aromatic hydroxyl groups is 1. The van der Waals surface area contributed by atoms with Crippen molar-refractivity contribution in [3.05, 3.63) is 95.1 Å². The lowest BCUT2D eigenvalue weighted by molar-refractivity contribution is 0.473. The summed E-state index contributed by atoms with van der Waals surface area (Å²) in [5, 5.41) is 10.0. The van der Waals surface area contributed by atoms with Crippen LogP contribution in [0, 0.1) is 0 Å². The number of aryl methyl sites for hydroxylation is 1. The number of rotatable bonds is 4. The molecule has 162 valence electrons. The maximum atomic E-state index is 9.83. The molecule has 0 aromatic heterocycles. The summed E-state index contributed by atoms with van der Waals surface area (Å²) in [4.78, 5) is 0. The molecule has 0 spiro atoms. The second-order valence-electron chi connectivity index (χ2n) is 10.3. The van der Waals surface area contributed by atoms with E-state index in [0.29, 0.717) is 11.7 Å². The third kappa shape index (κ3) is 4.43. The van der Waals surface area contributed by atoms with E-state index in [1.165, 1.54) is 22.3 Å². The summed E-state index contributed by atoms with van der Waals surface area (Å²) in [5.41, 5.74) is 5.41.